The van der Waals surface area contributed by atoms with Gasteiger partial charge in [-0.3, -0.25) is 9.59 Å². The molecule has 0 saturated carbocycles. The fourth-order valence-corrected chi connectivity index (χ4v) is 5.92. The molecule has 2 amide bonds. The number of fused-ring (bicyclic) bond motifs is 1. The van der Waals surface area contributed by atoms with Crippen LogP contribution in [0, 0.1) is 5.41 Å². The zero-order valence-corrected chi connectivity index (χ0v) is 21.3. The summed E-state index contributed by atoms with van der Waals surface area (Å²) in [7, 11) is -2.98. The topological polar surface area (TPSA) is 134 Å². The zero-order valence-electron chi connectivity index (χ0n) is 19.6. The number of amides is 2. The van der Waals surface area contributed by atoms with E-state index in [4.69, 9.17) is 0 Å². The van der Waals surface area contributed by atoms with E-state index in [1.165, 1.54) is 11.3 Å². The van der Waals surface area contributed by atoms with Gasteiger partial charge < -0.3 is 15.6 Å². The van der Waals surface area contributed by atoms with Gasteiger partial charge in [0.05, 0.1) is 38.7 Å². The fraction of sp³-hybridized carbons (Fsp3) is 0.478. The molecule has 1 saturated heterocycles. The molecule has 0 radical (unpaired) electrons. The summed E-state index contributed by atoms with van der Waals surface area (Å²) in [6.07, 6.45) is 4.08. The Balaban J connectivity index is 1.51. The van der Waals surface area contributed by atoms with Gasteiger partial charge in [0.15, 0.2) is 5.65 Å². The summed E-state index contributed by atoms with van der Waals surface area (Å²) >= 11 is 1.28. The predicted molar refractivity (Wildman–Crippen MR) is 133 cm³/mol. The van der Waals surface area contributed by atoms with Crippen molar-refractivity contribution in [3.05, 3.63) is 35.0 Å². The number of rotatable bonds is 5. The third-order valence-corrected chi connectivity index (χ3v) is 9.07. The van der Waals surface area contributed by atoms with Crippen LogP contribution < -0.4 is 10.6 Å². The van der Waals surface area contributed by atoms with E-state index in [1.807, 2.05) is 6.92 Å². The number of carbonyl (C=O) groups is 2. The molecule has 0 aliphatic carbocycles. The molecule has 1 aliphatic heterocycles. The first-order chi connectivity index (χ1) is 15.9. The highest BCUT2D eigenvalue weighted by Crippen LogP contribution is 2.29. The van der Waals surface area contributed by atoms with Crippen molar-refractivity contribution in [3.8, 4) is 10.6 Å². The lowest BCUT2D eigenvalue weighted by Crippen LogP contribution is -2.41. The average Bonchev–Trinajstić information content (AvgIpc) is 3.41. The largest absolute Gasteiger partial charge is 0.349 e. The van der Waals surface area contributed by atoms with Crippen molar-refractivity contribution >= 4 is 44.2 Å². The lowest BCUT2D eigenvalue weighted by atomic mass is 9.88. The van der Waals surface area contributed by atoms with Crippen LogP contribution in [0.3, 0.4) is 0 Å². The van der Waals surface area contributed by atoms with E-state index >= 15 is 0 Å². The average molecular weight is 504 g/mol. The molecule has 3 aromatic heterocycles. The highest BCUT2D eigenvalue weighted by molar-refractivity contribution is 7.91. The summed E-state index contributed by atoms with van der Waals surface area (Å²) in [5, 5.41) is 5.95. The van der Waals surface area contributed by atoms with Gasteiger partial charge >= 0.3 is 0 Å². The van der Waals surface area contributed by atoms with Crippen LogP contribution in [0.25, 0.3) is 21.7 Å². The zero-order chi connectivity index (χ0) is 24.7. The lowest BCUT2D eigenvalue weighted by molar-refractivity contribution is 0.0909. The molecule has 1 fully saturated rings. The molecule has 9 nitrogen and oxygen atoms in total. The number of H-pyrrole nitrogens is 1. The van der Waals surface area contributed by atoms with Crippen LogP contribution in [-0.2, 0) is 9.84 Å². The number of sulfone groups is 1. The van der Waals surface area contributed by atoms with Gasteiger partial charge in [0.2, 0.25) is 0 Å². The van der Waals surface area contributed by atoms with E-state index in [0.29, 0.717) is 40.1 Å². The smallest absolute Gasteiger partial charge is 0.261 e. The van der Waals surface area contributed by atoms with Crippen LogP contribution in [0.5, 0.6) is 0 Å². The summed E-state index contributed by atoms with van der Waals surface area (Å²) in [5.41, 5.74) is 1.89. The van der Waals surface area contributed by atoms with Gasteiger partial charge in [0.1, 0.15) is 15.4 Å². The third-order valence-electron chi connectivity index (χ3n) is 6.24. The maximum Gasteiger partial charge on any atom is 0.261 e. The van der Waals surface area contributed by atoms with Gasteiger partial charge in [-0.05, 0) is 37.3 Å². The molecule has 182 valence electrons. The van der Waals surface area contributed by atoms with Crippen molar-refractivity contribution < 1.29 is 18.0 Å². The predicted octanol–water partition coefficient (Wildman–Crippen LogP) is 3.16. The summed E-state index contributed by atoms with van der Waals surface area (Å²) in [6, 6.07) is 3.34. The van der Waals surface area contributed by atoms with Gasteiger partial charge in [-0.15, -0.1) is 11.3 Å². The van der Waals surface area contributed by atoms with Crippen molar-refractivity contribution in [2.24, 2.45) is 5.41 Å². The Morgan fingerprint density at radius 3 is 2.56 bits per heavy atom. The Morgan fingerprint density at radius 2 is 1.88 bits per heavy atom. The standard InChI is InChI=1S/C23H29N5O4S2/c1-13(23(2,3)4)26-21(29)15-11-24-20-19(15)28-16(12-25-20)17-5-6-18(33-17)22(30)27-14-7-9-34(31,32)10-8-14/h5-6,11-14H,7-10H2,1-4H3,(H,24,25)(H,26,29)(H,27,30)/t13-/m0/s1. The Labute approximate surface area is 202 Å². The van der Waals surface area contributed by atoms with Crippen molar-refractivity contribution in [1.82, 2.24) is 25.6 Å². The normalized spacial score (nSPS) is 17.4. The van der Waals surface area contributed by atoms with Crippen molar-refractivity contribution in [3.63, 3.8) is 0 Å². The fourth-order valence-electron chi connectivity index (χ4n) is 3.56. The van der Waals surface area contributed by atoms with Crippen molar-refractivity contribution in [2.75, 3.05) is 11.5 Å². The van der Waals surface area contributed by atoms with E-state index in [9.17, 15) is 18.0 Å². The van der Waals surface area contributed by atoms with Crippen LogP contribution in [-0.4, -0.2) is 58.8 Å². The minimum absolute atomic E-state index is 0.0382. The quantitative estimate of drug-likeness (QED) is 0.490. The monoisotopic (exact) mass is 503 g/mol. The first-order valence-corrected chi connectivity index (χ1v) is 13.8. The maximum absolute atomic E-state index is 12.9. The second-order valence-electron chi connectivity index (χ2n) is 9.78. The van der Waals surface area contributed by atoms with Crippen LogP contribution in [0.2, 0.25) is 0 Å². The summed E-state index contributed by atoms with van der Waals surface area (Å²) < 4.78 is 23.2. The van der Waals surface area contributed by atoms with Gasteiger partial charge in [0, 0.05) is 18.3 Å². The molecule has 0 aromatic carbocycles. The molecule has 3 aromatic rings. The minimum atomic E-state index is -2.98. The maximum atomic E-state index is 12.9. The molecule has 11 heteroatoms. The van der Waals surface area contributed by atoms with Gasteiger partial charge in [-0.25, -0.2) is 18.4 Å². The lowest BCUT2D eigenvalue weighted by Gasteiger charge is -2.27. The number of aromatic nitrogens is 3. The van der Waals surface area contributed by atoms with Gasteiger partial charge in [-0.1, -0.05) is 20.8 Å². The highest BCUT2D eigenvalue weighted by atomic mass is 32.2. The minimum Gasteiger partial charge on any atom is -0.349 e. The Kier molecular flexibility index (Phi) is 6.52. The second kappa shape index (κ2) is 9.10. The van der Waals surface area contributed by atoms with Crippen molar-refractivity contribution in [1.29, 1.82) is 0 Å². The van der Waals surface area contributed by atoms with E-state index in [-0.39, 0.29) is 40.8 Å². The molecule has 0 spiro atoms. The molecule has 0 unspecified atom stereocenters. The second-order valence-corrected chi connectivity index (χ2v) is 13.2. The number of carbonyl (C=O) groups excluding carboxylic acids is 2. The van der Waals surface area contributed by atoms with E-state index < -0.39 is 9.84 Å². The van der Waals surface area contributed by atoms with Crippen LogP contribution in [0.1, 0.15) is 60.6 Å². The summed E-state index contributed by atoms with van der Waals surface area (Å²) in [4.78, 5) is 38.9. The number of nitrogens with one attached hydrogen (secondary N) is 3. The molecule has 3 N–H and O–H groups in total. The summed E-state index contributed by atoms with van der Waals surface area (Å²) in [5.74, 6) is -0.248. The molecule has 34 heavy (non-hydrogen) atoms. The van der Waals surface area contributed by atoms with Crippen LogP contribution >= 0.6 is 11.3 Å². The van der Waals surface area contributed by atoms with Gasteiger partial charge in [0.25, 0.3) is 11.8 Å². The molecule has 1 atom stereocenters. The Bertz CT molecular complexity index is 1320. The number of thiophene rings is 1. The molecule has 1 aliphatic rings. The highest BCUT2D eigenvalue weighted by Gasteiger charge is 2.26. The van der Waals surface area contributed by atoms with Gasteiger partial charge in [-0.2, -0.15) is 0 Å². The number of hydrogen-bond donors (Lipinski definition) is 3. The number of aromatic amines is 1. The molecule has 0 bridgehead atoms. The van der Waals surface area contributed by atoms with E-state index in [2.05, 4.69) is 46.4 Å². The molecular formula is C23H29N5O4S2. The van der Waals surface area contributed by atoms with E-state index in [1.54, 1.807) is 24.5 Å². The van der Waals surface area contributed by atoms with Crippen molar-refractivity contribution in [2.45, 2.75) is 52.6 Å². The summed E-state index contributed by atoms with van der Waals surface area (Å²) in [6.45, 7) is 8.15. The van der Waals surface area contributed by atoms with E-state index in [0.717, 1.165) is 4.88 Å². The SMILES string of the molecule is C[C@H](NC(=O)c1c[nH]c2ncc(-c3ccc(C(=O)NC4CCS(=O)(=O)CC4)s3)nc12)C(C)(C)C. The Morgan fingerprint density at radius 1 is 1.18 bits per heavy atom. The molecule has 4 heterocycles. The first kappa shape index (κ1) is 24.3. The Hall–Kier alpha value is -2.79. The first-order valence-electron chi connectivity index (χ1n) is 11.2. The van der Waals surface area contributed by atoms with Crippen LogP contribution in [0.15, 0.2) is 24.5 Å². The van der Waals surface area contributed by atoms with Crippen LogP contribution in [0.4, 0.5) is 0 Å². The third kappa shape index (κ3) is 5.30. The number of nitrogens with zero attached hydrogens (tertiary/aromatic N) is 2. The molecule has 4 rings (SSSR count). The molecular weight excluding hydrogens is 474 g/mol. The number of hydrogen-bond acceptors (Lipinski definition) is 7.